The van der Waals surface area contributed by atoms with Gasteiger partial charge in [0.25, 0.3) is 17.7 Å². The Morgan fingerprint density at radius 3 is 2.55 bits per heavy atom. The zero-order chi connectivity index (χ0) is 22.1. The topological polar surface area (TPSA) is 84.3 Å². The molecule has 160 valence electrons. The van der Waals surface area contributed by atoms with Crippen LogP contribution in [0.15, 0.2) is 42.5 Å². The van der Waals surface area contributed by atoms with Crippen molar-refractivity contribution in [2.45, 2.75) is 46.2 Å². The van der Waals surface area contributed by atoms with Crippen LogP contribution in [-0.2, 0) is 6.54 Å². The number of imide groups is 1. The molecule has 1 aliphatic heterocycles. The van der Waals surface area contributed by atoms with Crippen molar-refractivity contribution in [2.24, 2.45) is 0 Å². The summed E-state index contributed by atoms with van der Waals surface area (Å²) in [6.45, 7) is 7.07. The van der Waals surface area contributed by atoms with E-state index in [1.165, 1.54) is 11.0 Å². The number of hydrogen-bond acceptors (Lipinski definition) is 4. The van der Waals surface area contributed by atoms with E-state index in [0.29, 0.717) is 23.2 Å². The first kappa shape index (κ1) is 20.8. The Morgan fingerprint density at radius 1 is 1.06 bits per heavy atom. The molecule has 4 rings (SSSR count). The number of benzene rings is 2. The third-order valence-corrected chi connectivity index (χ3v) is 5.70. The van der Waals surface area contributed by atoms with Crippen LogP contribution >= 0.6 is 0 Å². The van der Waals surface area contributed by atoms with Gasteiger partial charge >= 0.3 is 0 Å². The first-order valence-electron chi connectivity index (χ1n) is 10.7. The summed E-state index contributed by atoms with van der Waals surface area (Å²) >= 11 is 0. The van der Waals surface area contributed by atoms with Crippen LogP contribution < -0.4 is 5.32 Å². The van der Waals surface area contributed by atoms with Crippen LogP contribution in [0.1, 0.15) is 76.6 Å². The van der Waals surface area contributed by atoms with Gasteiger partial charge in [-0.15, -0.1) is 0 Å². The van der Waals surface area contributed by atoms with Crippen molar-refractivity contribution >= 4 is 28.8 Å². The molecule has 1 aromatic heterocycles. The summed E-state index contributed by atoms with van der Waals surface area (Å²) < 4.78 is 2.08. The fraction of sp³-hybridized carbons (Fsp3) is 0.333. The van der Waals surface area contributed by atoms with Gasteiger partial charge in [-0.25, -0.2) is 4.98 Å². The minimum atomic E-state index is -0.330. The molecule has 1 aliphatic rings. The van der Waals surface area contributed by atoms with Crippen molar-refractivity contribution in [3.63, 3.8) is 0 Å². The molecule has 0 aliphatic carbocycles. The Bertz CT molecular complexity index is 1180. The van der Waals surface area contributed by atoms with Gasteiger partial charge in [-0.3, -0.25) is 19.3 Å². The predicted octanol–water partition coefficient (Wildman–Crippen LogP) is 3.94. The molecular weight excluding hydrogens is 392 g/mol. The summed E-state index contributed by atoms with van der Waals surface area (Å²) in [5.74, 6) is -0.151. The zero-order valence-electron chi connectivity index (χ0n) is 18.0. The lowest BCUT2D eigenvalue weighted by molar-refractivity contribution is 0.0652. The highest BCUT2D eigenvalue weighted by Gasteiger charge is 2.35. The van der Waals surface area contributed by atoms with E-state index in [0.717, 1.165) is 36.2 Å². The molecule has 2 heterocycles. The average molecular weight is 418 g/mol. The molecule has 2 aromatic carbocycles. The van der Waals surface area contributed by atoms with Crippen molar-refractivity contribution in [2.75, 3.05) is 6.54 Å². The average Bonchev–Trinajstić information content (AvgIpc) is 3.27. The molecule has 0 bridgehead atoms. The molecule has 1 atom stereocenters. The van der Waals surface area contributed by atoms with Gasteiger partial charge in [0, 0.05) is 18.7 Å². The highest BCUT2D eigenvalue weighted by Crippen LogP contribution is 2.25. The standard InChI is InChI=1S/C24H26N4O3/c1-4-6-13-28-23(30)17-12-11-16(14-18(17)24(28)31)22(29)25-15(3)21-26-19-9-7-8-10-20(19)27(21)5-2/h7-12,14-15H,4-6,13H2,1-3H3,(H,25,29). The number of para-hydroxylation sites is 2. The second-order valence-electron chi connectivity index (χ2n) is 7.77. The fourth-order valence-electron chi connectivity index (χ4n) is 4.05. The van der Waals surface area contributed by atoms with Crippen molar-refractivity contribution in [3.05, 3.63) is 65.0 Å². The molecule has 3 aromatic rings. The number of amides is 3. The van der Waals surface area contributed by atoms with Gasteiger partial charge in [0.05, 0.1) is 28.2 Å². The van der Waals surface area contributed by atoms with Gasteiger partial charge in [0.1, 0.15) is 5.82 Å². The molecule has 0 saturated heterocycles. The number of rotatable bonds is 7. The minimum Gasteiger partial charge on any atom is -0.342 e. The summed E-state index contributed by atoms with van der Waals surface area (Å²) in [4.78, 5) is 44.1. The number of hydrogen-bond donors (Lipinski definition) is 1. The van der Waals surface area contributed by atoms with Crippen LogP contribution in [0.4, 0.5) is 0 Å². The Labute approximate surface area is 181 Å². The third kappa shape index (κ3) is 3.60. The molecule has 0 radical (unpaired) electrons. The van der Waals surface area contributed by atoms with Crippen molar-refractivity contribution in [1.29, 1.82) is 0 Å². The van der Waals surface area contributed by atoms with Crippen LogP contribution in [0.5, 0.6) is 0 Å². The highest BCUT2D eigenvalue weighted by molar-refractivity contribution is 6.22. The van der Waals surface area contributed by atoms with Gasteiger partial charge in [0.2, 0.25) is 0 Å². The Kier molecular flexibility index (Phi) is 5.59. The molecule has 3 amide bonds. The smallest absolute Gasteiger partial charge is 0.261 e. The van der Waals surface area contributed by atoms with Crippen molar-refractivity contribution in [3.8, 4) is 0 Å². The van der Waals surface area contributed by atoms with Crippen molar-refractivity contribution < 1.29 is 14.4 Å². The van der Waals surface area contributed by atoms with E-state index < -0.39 is 0 Å². The number of imidazole rings is 1. The summed E-state index contributed by atoms with van der Waals surface area (Å²) in [5.41, 5.74) is 2.91. The van der Waals surface area contributed by atoms with Gasteiger partial charge in [-0.1, -0.05) is 25.5 Å². The monoisotopic (exact) mass is 418 g/mol. The summed E-state index contributed by atoms with van der Waals surface area (Å²) in [6, 6.07) is 12.2. The van der Waals surface area contributed by atoms with E-state index in [1.807, 2.05) is 45.0 Å². The molecule has 7 heteroatoms. The number of nitrogens with zero attached hydrogens (tertiary/aromatic N) is 3. The molecule has 1 N–H and O–H groups in total. The largest absolute Gasteiger partial charge is 0.342 e. The number of carbonyl (C=O) groups is 3. The molecular formula is C24H26N4O3. The lowest BCUT2D eigenvalue weighted by Gasteiger charge is -2.15. The number of unbranched alkanes of at least 4 members (excludes halogenated alkanes) is 1. The maximum atomic E-state index is 12.9. The molecule has 31 heavy (non-hydrogen) atoms. The quantitative estimate of drug-likeness (QED) is 0.589. The zero-order valence-corrected chi connectivity index (χ0v) is 18.0. The molecule has 7 nitrogen and oxygen atoms in total. The van der Waals surface area contributed by atoms with Crippen LogP contribution in [-0.4, -0.2) is 38.7 Å². The number of carbonyl (C=O) groups excluding carboxylic acids is 3. The summed E-state index contributed by atoms with van der Waals surface area (Å²) in [5, 5.41) is 2.98. The van der Waals surface area contributed by atoms with Gasteiger partial charge < -0.3 is 9.88 Å². The van der Waals surface area contributed by atoms with Crippen molar-refractivity contribution in [1.82, 2.24) is 19.8 Å². The Hall–Kier alpha value is -3.48. The fourth-order valence-corrected chi connectivity index (χ4v) is 4.05. The first-order valence-corrected chi connectivity index (χ1v) is 10.7. The SMILES string of the molecule is CCCCN1C(=O)c2ccc(C(=O)NC(C)c3nc4ccccc4n3CC)cc2C1=O. The normalized spacial score (nSPS) is 14.2. The van der Waals surface area contributed by atoms with Crippen LogP contribution in [0.3, 0.4) is 0 Å². The molecule has 0 saturated carbocycles. The lowest BCUT2D eigenvalue weighted by atomic mass is 10.0. The highest BCUT2D eigenvalue weighted by atomic mass is 16.2. The first-order chi connectivity index (χ1) is 15.0. The number of aromatic nitrogens is 2. The van der Waals surface area contributed by atoms with E-state index >= 15 is 0 Å². The van der Waals surface area contributed by atoms with Crippen LogP contribution in [0.25, 0.3) is 11.0 Å². The number of fused-ring (bicyclic) bond motifs is 2. The molecule has 0 spiro atoms. The lowest BCUT2D eigenvalue weighted by Crippen LogP contribution is -2.30. The third-order valence-electron chi connectivity index (χ3n) is 5.70. The molecule has 0 fully saturated rings. The maximum absolute atomic E-state index is 12.9. The second-order valence-corrected chi connectivity index (χ2v) is 7.77. The van der Waals surface area contributed by atoms with E-state index in [4.69, 9.17) is 4.98 Å². The number of nitrogens with one attached hydrogen (secondary N) is 1. The van der Waals surface area contributed by atoms with E-state index in [1.54, 1.807) is 12.1 Å². The maximum Gasteiger partial charge on any atom is 0.261 e. The Morgan fingerprint density at radius 2 is 1.81 bits per heavy atom. The number of aryl methyl sites for hydroxylation is 1. The van der Waals surface area contributed by atoms with Gasteiger partial charge in [-0.05, 0) is 50.6 Å². The minimum absolute atomic E-state index is 0.287. The van der Waals surface area contributed by atoms with E-state index in [2.05, 4.69) is 9.88 Å². The van der Waals surface area contributed by atoms with E-state index in [-0.39, 0.29) is 23.8 Å². The van der Waals surface area contributed by atoms with Crippen LogP contribution in [0.2, 0.25) is 0 Å². The second kappa shape index (κ2) is 8.34. The van der Waals surface area contributed by atoms with Crippen LogP contribution in [0, 0.1) is 0 Å². The van der Waals surface area contributed by atoms with Gasteiger partial charge in [0.15, 0.2) is 0 Å². The van der Waals surface area contributed by atoms with E-state index in [9.17, 15) is 14.4 Å². The Balaban J connectivity index is 1.56. The van der Waals surface area contributed by atoms with Gasteiger partial charge in [-0.2, -0.15) is 0 Å². The molecule has 1 unspecified atom stereocenters. The summed E-state index contributed by atoms with van der Waals surface area (Å²) in [7, 11) is 0. The summed E-state index contributed by atoms with van der Waals surface area (Å²) in [6.07, 6.45) is 1.65. The predicted molar refractivity (Wildman–Crippen MR) is 118 cm³/mol.